The summed E-state index contributed by atoms with van der Waals surface area (Å²) < 4.78 is 1.22. The van der Waals surface area contributed by atoms with E-state index in [0.29, 0.717) is 5.92 Å². The number of fused-ring (bicyclic) bond motifs is 3. The molecule has 2 bridgehead atoms. The molecule has 4 heteroatoms. The molecule has 2 aliphatic carbocycles. The molecule has 2 fully saturated rings. The van der Waals surface area contributed by atoms with E-state index in [2.05, 4.69) is 42.6 Å². The van der Waals surface area contributed by atoms with Crippen LogP contribution in [-0.2, 0) is 4.79 Å². The molecule has 0 spiro atoms. The quantitative estimate of drug-likeness (QED) is 0.654. The van der Waals surface area contributed by atoms with E-state index in [1.807, 2.05) is 12.1 Å². The van der Waals surface area contributed by atoms with Crippen LogP contribution in [0.25, 0.3) is 20.8 Å². The molecule has 1 N–H and O–H groups in total. The van der Waals surface area contributed by atoms with Crippen LogP contribution in [0.3, 0.4) is 0 Å². The lowest BCUT2D eigenvalue weighted by Crippen LogP contribution is -2.27. The molecule has 3 atom stereocenters. The van der Waals surface area contributed by atoms with E-state index < -0.39 is 0 Å². The van der Waals surface area contributed by atoms with Crippen molar-refractivity contribution in [2.45, 2.75) is 32.6 Å². The van der Waals surface area contributed by atoms with E-state index in [9.17, 15) is 4.79 Å². The summed E-state index contributed by atoms with van der Waals surface area (Å²) >= 11 is 1.71. The van der Waals surface area contributed by atoms with Crippen molar-refractivity contribution in [2.75, 3.05) is 5.32 Å². The highest BCUT2D eigenvalue weighted by atomic mass is 32.1. The van der Waals surface area contributed by atoms with Gasteiger partial charge in [0.2, 0.25) is 5.91 Å². The predicted octanol–water partition coefficient (Wildman–Crippen LogP) is 5.65. The van der Waals surface area contributed by atoms with Gasteiger partial charge < -0.3 is 5.32 Å². The standard InChI is InChI=1S/C22H22N2OS/c1-13-2-9-19-20(10-13)26-22(24-19)15-5-7-17(8-6-15)23-21(25)18-12-14-3-4-16(18)11-14/h2,5-10,14,16,18H,3-4,11-12H2,1H3,(H,23,25)/t14-,16-,18+/m0/s1. The molecule has 0 aliphatic heterocycles. The zero-order chi connectivity index (χ0) is 17.7. The summed E-state index contributed by atoms with van der Waals surface area (Å²) in [6.45, 7) is 2.10. The van der Waals surface area contributed by atoms with Gasteiger partial charge in [-0.3, -0.25) is 4.79 Å². The van der Waals surface area contributed by atoms with Crippen molar-refractivity contribution in [2.24, 2.45) is 17.8 Å². The van der Waals surface area contributed by atoms with Crippen molar-refractivity contribution in [1.82, 2.24) is 4.98 Å². The Morgan fingerprint density at radius 2 is 1.96 bits per heavy atom. The summed E-state index contributed by atoms with van der Waals surface area (Å²) in [4.78, 5) is 17.3. The second kappa shape index (κ2) is 6.20. The van der Waals surface area contributed by atoms with Gasteiger partial charge >= 0.3 is 0 Å². The third-order valence-electron chi connectivity index (χ3n) is 6.02. The number of anilines is 1. The van der Waals surface area contributed by atoms with Gasteiger partial charge in [0, 0.05) is 17.2 Å². The normalized spacial score (nSPS) is 24.3. The largest absolute Gasteiger partial charge is 0.326 e. The number of amides is 1. The SMILES string of the molecule is Cc1ccc2nc(-c3ccc(NC(=O)[C@@H]4C[C@H]5CC[C@H]4C5)cc3)sc2c1. The fraction of sp³-hybridized carbons (Fsp3) is 0.364. The minimum absolute atomic E-state index is 0.209. The van der Waals surface area contributed by atoms with Gasteiger partial charge in [0.1, 0.15) is 5.01 Å². The molecular formula is C22H22N2OS. The first kappa shape index (κ1) is 16.0. The lowest BCUT2D eigenvalue weighted by atomic mass is 9.88. The molecule has 1 amide bonds. The van der Waals surface area contributed by atoms with Crippen LogP contribution in [0.4, 0.5) is 5.69 Å². The topological polar surface area (TPSA) is 42.0 Å². The Morgan fingerprint density at radius 3 is 2.69 bits per heavy atom. The Labute approximate surface area is 157 Å². The lowest BCUT2D eigenvalue weighted by Gasteiger charge is -2.20. The molecule has 2 aliphatic rings. The van der Waals surface area contributed by atoms with Crippen LogP contribution < -0.4 is 5.32 Å². The Morgan fingerprint density at radius 1 is 1.12 bits per heavy atom. The number of carbonyl (C=O) groups is 1. The summed E-state index contributed by atoms with van der Waals surface area (Å²) in [7, 11) is 0. The minimum atomic E-state index is 0.209. The average molecular weight is 362 g/mol. The Hall–Kier alpha value is -2.20. The zero-order valence-corrected chi connectivity index (χ0v) is 15.7. The fourth-order valence-electron chi connectivity index (χ4n) is 4.65. The maximum absolute atomic E-state index is 12.6. The second-order valence-electron chi connectivity index (χ2n) is 7.84. The van der Waals surface area contributed by atoms with Crippen LogP contribution in [0, 0.1) is 24.7 Å². The molecule has 0 saturated heterocycles. The van der Waals surface area contributed by atoms with Gasteiger partial charge in [0.25, 0.3) is 0 Å². The Balaban J connectivity index is 1.32. The van der Waals surface area contributed by atoms with Crippen molar-refractivity contribution in [3.05, 3.63) is 48.0 Å². The molecule has 132 valence electrons. The number of rotatable bonds is 3. The average Bonchev–Trinajstić information content (AvgIpc) is 3.37. The molecule has 1 aromatic heterocycles. The second-order valence-corrected chi connectivity index (χ2v) is 8.87. The molecule has 26 heavy (non-hydrogen) atoms. The predicted molar refractivity (Wildman–Crippen MR) is 107 cm³/mol. The highest BCUT2D eigenvalue weighted by Gasteiger charge is 2.42. The van der Waals surface area contributed by atoms with Crippen molar-refractivity contribution in [1.29, 1.82) is 0 Å². The van der Waals surface area contributed by atoms with E-state index in [1.54, 1.807) is 11.3 Å². The maximum atomic E-state index is 12.6. The molecular weight excluding hydrogens is 340 g/mol. The molecule has 2 saturated carbocycles. The summed E-state index contributed by atoms with van der Waals surface area (Å²) in [6.07, 6.45) is 4.90. The first-order chi connectivity index (χ1) is 12.7. The van der Waals surface area contributed by atoms with E-state index in [1.165, 1.54) is 29.5 Å². The summed E-state index contributed by atoms with van der Waals surface area (Å²) in [6, 6.07) is 14.5. The number of thiazole rings is 1. The van der Waals surface area contributed by atoms with E-state index in [0.717, 1.165) is 34.1 Å². The number of aryl methyl sites for hydroxylation is 1. The van der Waals surface area contributed by atoms with Crippen LogP contribution in [-0.4, -0.2) is 10.9 Å². The van der Waals surface area contributed by atoms with E-state index in [-0.39, 0.29) is 11.8 Å². The van der Waals surface area contributed by atoms with Gasteiger partial charge in [-0.05, 0) is 80.0 Å². The highest BCUT2D eigenvalue weighted by molar-refractivity contribution is 7.21. The van der Waals surface area contributed by atoms with Gasteiger partial charge in [-0.25, -0.2) is 4.98 Å². The third-order valence-corrected chi connectivity index (χ3v) is 7.09. The molecule has 3 nitrogen and oxygen atoms in total. The van der Waals surface area contributed by atoms with Crippen LogP contribution in [0.5, 0.6) is 0 Å². The van der Waals surface area contributed by atoms with Crippen LogP contribution in [0.2, 0.25) is 0 Å². The molecule has 3 aromatic rings. The molecule has 0 radical (unpaired) electrons. The third kappa shape index (κ3) is 2.82. The van der Waals surface area contributed by atoms with Crippen LogP contribution in [0.1, 0.15) is 31.2 Å². The molecule has 2 aromatic carbocycles. The van der Waals surface area contributed by atoms with Gasteiger partial charge in [-0.1, -0.05) is 12.5 Å². The van der Waals surface area contributed by atoms with Crippen molar-refractivity contribution in [3.63, 3.8) is 0 Å². The number of hydrogen-bond acceptors (Lipinski definition) is 3. The number of benzene rings is 2. The van der Waals surface area contributed by atoms with E-state index in [4.69, 9.17) is 4.98 Å². The Bertz CT molecular complexity index is 975. The Kier molecular flexibility index (Phi) is 3.82. The number of hydrogen-bond donors (Lipinski definition) is 1. The zero-order valence-electron chi connectivity index (χ0n) is 14.9. The minimum Gasteiger partial charge on any atom is -0.326 e. The first-order valence-electron chi connectivity index (χ1n) is 9.44. The number of nitrogens with one attached hydrogen (secondary N) is 1. The number of aromatic nitrogens is 1. The van der Waals surface area contributed by atoms with Gasteiger partial charge in [-0.15, -0.1) is 11.3 Å². The van der Waals surface area contributed by atoms with Gasteiger partial charge in [0.15, 0.2) is 0 Å². The molecule has 1 heterocycles. The van der Waals surface area contributed by atoms with Crippen LogP contribution in [0.15, 0.2) is 42.5 Å². The number of nitrogens with zero attached hydrogens (tertiary/aromatic N) is 1. The van der Waals surface area contributed by atoms with Crippen molar-refractivity contribution < 1.29 is 4.79 Å². The maximum Gasteiger partial charge on any atom is 0.227 e. The fourth-order valence-corrected chi connectivity index (χ4v) is 5.72. The highest BCUT2D eigenvalue weighted by Crippen LogP contribution is 2.48. The van der Waals surface area contributed by atoms with Crippen molar-refractivity contribution >= 4 is 33.1 Å². The van der Waals surface area contributed by atoms with E-state index >= 15 is 0 Å². The summed E-state index contributed by atoms with van der Waals surface area (Å²) in [5, 5.41) is 4.15. The smallest absolute Gasteiger partial charge is 0.227 e. The van der Waals surface area contributed by atoms with Gasteiger partial charge in [0.05, 0.1) is 10.2 Å². The molecule has 5 rings (SSSR count). The lowest BCUT2D eigenvalue weighted by molar-refractivity contribution is -0.121. The van der Waals surface area contributed by atoms with Crippen molar-refractivity contribution in [3.8, 4) is 10.6 Å². The van der Waals surface area contributed by atoms with Gasteiger partial charge in [-0.2, -0.15) is 0 Å². The molecule has 0 unspecified atom stereocenters. The summed E-state index contributed by atoms with van der Waals surface area (Å²) in [5.74, 6) is 1.84. The number of carbonyl (C=O) groups excluding carboxylic acids is 1. The summed E-state index contributed by atoms with van der Waals surface area (Å²) in [5.41, 5.74) is 4.29. The first-order valence-corrected chi connectivity index (χ1v) is 10.3. The van der Waals surface area contributed by atoms with Crippen LogP contribution >= 0.6 is 11.3 Å². The monoisotopic (exact) mass is 362 g/mol.